The largest absolute Gasteiger partial charge is 0.497 e. The lowest BCUT2D eigenvalue weighted by Gasteiger charge is -2.62. The molecule has 17 nitrogen and oxygen atoms in total. The molecule has 6 saturated carbocycles. The smallest absolute Gasteiger partial charge is 0.251 e. The number of aliphatic hydroxyl groups is 3. The van der Waals surface area contributed by atoms with E-state index in [1.54, 1.807) is 45.4 Å². The van der Waals surface area contributed by atoms with Crippen molar-refractivity contribution in [2.45, 2.75) is 156 Å². The maximum Gasteiger partial charge on any atom is 0.251 e. The second kappa shape index (κ2) is 29.2. The lowest BCUT2D eigenvalue weighted by molar-refractivity contribution is -0.183. The van der Waals surface area contributed by atoms with Gasteiger partial charge in [0, 0.05) is 78.6 Å². The third-order valence-electron chi connectivity index (χ3n) is 23.1. The number of ether oxygens (including phenoxy) is 3. The molecule has 0 radical (unpaired) electrons. The molecular weight excluding hydrogens is 1170 g/mol. The van der Waals surface area contributed by atoms with Crippen molar-refractivity contribution in [1.29, 1.82) is 0 Å². The molecule has 2 heterocycles. The number of para-hydroxylation sites is 2. The number of hydroxylamine groups is 4. The predicted octanol–water partition coefficient (Wildman–Crippen LogP) is 10.8. The quantitative estimate of drug-likeness (QED) is 0.0360. The molecule has 6 N–H and O–H groups in total. The highest BCUT2D eigenvalue weighted by atomic mass is 16.7. The van der Waals surface area contributed by atoms with Gasteiger partial charge in [-0.15, -0.1) is 0 Å². The minimum Gasteiger partial charge on any atom is -0.497 e. The zero-order chi connectivity index (χ0) is 66.8. The van der Waals surface area contributed by atoms with E-state index in [0.29, 0.717) is 63.4 Å². The average molecular weight is 1280 g/mol. The van der Waals surface area contributed by atoms with Crippen LogP contribution in [0, 0.1) is 64.1 Å². The molecule has 8 aliphatic rings. The molecule has 4 bridgehead atoms. The van der Waals surface area contributed by atoms with Crippen LogP contribution in [0.15, 0.2) is 109 Å². The number of rotatable bonds is 23. The van der Waals surface area contributed by atoms with Crippen LogP contribution >= 0.6 is 0 Å². The average Bonchev–Trinajstić information content (AvgIpc) is 1.36. The SMILES string of the molecule is CNC(=O)c1cc(-c2cccc(CN3O[C@@H](CO)[C@H]([C@@H](C)CCCc4ccccc4)[C@H]3C(=O)N[C@H]3C[C@H]4C[C@@H]([C@@H]3C)C4(C)C)c2OC)cc(N(C)C)c1.COc1cccc(-c2cccc(CN3O[C@@H](CO)[C@H]([C@H](C)O)[C@H]3C(=O)N[C@H]3C[C@H]4C[C@@H]([C@@H]3C)C4(C)C)c2OC)c1. The van der Waals surface area contributed by atoms with Crippen molar-refractivity contribution in [3.8, 4) is 39.5 Å². The zero-order valence-corrected chi connectivity index (χ0v) is 57.4. The Hall–Kier alpha value is -6.57. The number of carbonyl (C=O) groups excluding carboxylic acids is 3. The molecule has 8 fully saturated rings. The van der Waals surface area contributed by atoms with E-state index in [1.807, 2.05) is 104 Å². The van der Waals surface area contributed by atoms with Crippen LogP contribution in [0.1, 0.15) is 121 Å². The molecule has 2 saturated heterocycles. The van der Waals surface area contributed by atoms with Crippen molar-refractivity contribution < 1.29 is 53.6 Å². The molecule has 6 aliphatic carbocycles. The highest BCUT2D eigenvalue weighted by Crippen LogP contribution is 2.62. The summed E-state index contributed by atoms with van der Waals surface area (Å²) in [6, 6.07) is 34.8. The fraction of sp³-hybridized carbons (Fsp3) is 0.566. The first kappa shape index (κ1) is 69.3. The molecule has 2 aliphatic heterocycles. The maximum atomic E-state index is 14.7. The second-order valence-corrected chi connectivity index (χ2v) is 29.1. The van der Waals surface area contributed by atoms with Crippen molar-refractivity contribution in [1.82, 2.24) is 26.1 Å². The molecule has 5 aromatic carbocycles. The predicted molar refractivity (Wildman–Crippen MR) is 363 cm³/mol. The molecule has 93 heavy (non-hydrogen) atoms. The Kier molecular flexibility index (Phi) is 21.7. The molecule has 5 aromatic rings. The van der Waals surface area contributed by atoms with E-state index >= 15 is 0 Å². The van der Waals surface area contributed by atoms with Gasteiger partial charge in [-0.1, -0.05) is 127 Å². The standard InChI is InChI=1S/C44H60N4O5.C32H44N2O6/c1-27(14-12-17-29-15-10-9-11-16-29)39-38(26-49)53-48(40(39)43(51)46-37-24-33-23-36(28(37)2)44(33,3)4)25-30-18-13-19-35(41(30)52-8)31-20-32(42(50)45-5)22-34(21-31)47(6)7;1-18-25-14-22(32(25,3)4)15-26(18)33-31(37)29-28(19(2)36)27(17-35)40-34(29)16-21-10-8-12-24(30(21)39-6)20-9-7-11-23(13-20)38-5/h9-11,13,15-16,18-22,27-28,33,36-40,49H,12,14,17,23-26H2,1-8H3,(H,45,50)(H,46,51);7-13,18-19,22,25-29,35-36H,14-17H2,1-6H3,(H,33,37)/t27-,28-,33+,36-,37-,38-,39-,40-;18-,19-,22+,25-,26-,27-,28-,29-/m00/s1. The Balaban J connectivity index is 0.000000211. The van der Waals surface area contributed by atoms with Crippen molar-refractivity contribution in [2.75, 3.05) is 60.6 Å². The van der Waals surface area contributed by atoms with Crippen molar-refractivity contribution >= 4 is 23.4 Å². The van der Waals surface area contributed by atoms with E-state index in [4.69, 9.17) is 23.9 Å². The lowest BCUT2D eigenvalue weighted by atomic mass is 9.45. The van der Waals surface area contributed by atoms with Crippen LogP contribution in [0.2, 0.25) is 0 Å². The molecule has 3 amide bonds. The second-order valence-electron chi connectivity index (χ2n) is 29.1. The summed E-state index contributed by atoms with van der Waals surface area (Å²) in [4.78, 5) is 56.2. The molecule has 0 aromatic heterocycles. The van der Waals surface area contributed by atoms with Gasteiger partial charge in [0.05, 0.1) is 53.7 Å². The van der Waals surface area contributed by atoms with Crippen molar-refractivity contribution in [3.05, 3.63) is 131 Å². The van der Waals surface area contributed by atoms with E-state index < -0.39 is 36.3 Å². The molecule has 0 spiro atoms. The first-order chi connectivity index (χ1) is 44.5. The molecule has 0 unspecified atom stereocenters. The first-order valence-electron chi connectivity index (χ1n) is 33.9. The summed E-state index contributed by atoms with van der Waals surface area (Å²) >= 11 is 0. The number of nitrogens with one attached hydrogen (secondary N) is 3. The Morgan fingerprint density at radius 2 is 1.16 bits per heavy atom. The van der Waals surface area contributed by atoms with Crippen molar-refractivity contribution in [3.63, 3.8) is 0 Å². The maximum absolute atomic E-state index is 14.7. The minimum atomic E-state index is -0.848. The zero-order valence-electron chi connectivity index (χ0n) is 57.4. The summed E-state index contributed by atoms with van der Waals surface area (Å²) in [5.74, 6) is 4.21. The number of hydrogen-bond donors (Lipinski definition) is 6. The summed E-state index contributed by atoms with van der Waals surface area (Å²) < 4.78 is 17.4. The van der Waals surface area contributed by atoms with Crippen LogP contribution in [0.4, 0.5) is 5.69 Å². The fourth-order valence-electron chi connectivity index (χ4n) is 17.3. The number of methoxy groups -OCH3 is 3. The number of nitrogens with zero attached hydrogens (tertiary/aromatic N) is 3. The Bertz CT molecular complexity index is 3400. The van der Waals surface area contributed by atoms with Crippen molar-refractivity contribution in [2.24, 2.45) is 64.1 Å². The molecule has 17 heteroatoms. The topological polar surface area (TPSA) is 204 Å². The minimum absolute atomic E-state index is 0.0270. The monoisotopic (exact) mass is 1280 g/mol. The third kappa shape index (κ3) is 14.1. The van der Waals surface area contributed by atoms with Crippen LogP contribution < -0.4 is 35.1 Å². The molecule has 16 atom stereocenters. The van der Waals surface area contributed by atoms with E-state index in [2.05, 4.69) is 88.7 Å². The summed E-state index contributed by atoms with van der Waals surface area (Å²) in [5.41, 5.74) is 8.57. The molecular formula is C76H104N6O11. The van der Waals surface area contributed by atoms with Gasteiger partial charge < -0.3 is 50.4 Å². The first-order valence-corrected chi connectivity index (χ1v) is 33.9. The summed E-state index contributed by atoms with van der Waals surface area (Å²) in [7, 11) is 10.4. The Labute approximate surface area is 552 Å². The number of benzene rings is 5. The summed E-state index contributed by atoms with van der Waals surface area (Å²) in [6.07, 6.45) is 5.20. The third-order valence-corrected chi connectivity index (χ3v) is 23.1. The molecule has 504 valence electrons. The van der Waals surface area contributed by atoms with Crippen LogP contribution in [-0.4, -0.2) is 141 Å². The van der Waals surface area contributed by atoms with E-state index in [9.17, 15) is 29.7 Å². The van der Waals surface area contributed by atoms with E-state index in [1.165, 1.54) is 18.4 Å². The van der Waals surface area contributed by atoms with Crippen LogP contribution in [0.3, 0.4) is 0 Å². The van der Waals surface area contributed by atoms with Gasteiger partial charge in [0.15, 0.2) is 0 Å². The number of aliphatic hydroxyl groups excluding tert-OH is 3. The Morgan fingerprint density at radius 1 is 0.645 bits per heavy atom. The number of aryl methyl sites for hydroxylation is 1. The van der Waals surface area contributed by atoms with Gasteiger partial charge in [-0.05, 0) is 151 Å². The number of hydrogen-bond acceptors (Lipinski definition) is 14. The van der Waals surface area contributed by atoms with E-state index in [0.717, 1.165) is 76.9 Å². The lowest BCUT2D eigenvalue weighted by Crippen LogP contribution is -2.62. The van der Waals surface area contributed by atoms with Crippen LogP contribution in [-0.2, 0) is 38.8 Å². The highest BCUT2D eigenvalue weighted by molar-refractivity contribution is 5.97. The van der Waals surface area contributed by atoms with Gasteiger partial charge >= 0.3 is 0 Å². The van der Waals surface area contributed by atoms with Crippen LogP contribution in [0.25, 0.3) is 22.3 Å². The van der Waals surface area contributed by atoms with Crippen LogP contribution in [0.5, 0.6) is 17.2 Å². The number of fused-ring (bicyclic) bond motifs is 4. The number of carbonyl (C=O) groups is 3. The number of amides is 3. The normalized spacial score (nSPS) is 28.9. The number of anilines is 1. The van der Waals surface area contributed by atoms with E-state index in [-0.39, 0.29) is 67.9 Å². The van der Waals surface area contributed by atoms with Gasteiger partial charge in [0.2, 0.25) is 11.8 Å². The molecule has 13 rings (SSSR count). The summed E-state index contributed by atoms with van der Waals surface area (Å²) in [5, 5.41) is 44.7. The van der Waals surface area contributed by atoms with Gasteiger partial charge in [-0.2, -0.15) is 10.1 Å². The van der Waals surface area contributed by atoms with Gasteiger partial charge in [-0.3, -0.25) is 24.1 Å². The summed E-state index contributed by atoms with van der Waals surface area (Å²) in [6.45, 7) is 17.9. The van der Waals surface area contributed by atoms with Gasteiger partial charge in [-0.25, -0.2) is 0 Å². The fourth-order valence-corrected chi connectivity index (χ4v) is 17.3. The van der Waals surface area contributed by atoms with Gasteiger partial charge in [0.1, 0.15) is 41.5 Å². The van der Waals surface area contributed by atoms with Gasteiger partial charge in [0.25, 0.3) is 5.91 Å². The highest BCUT2D eigenvalue weighted by Gasteiger charge is 2.59. The Morgan fingerprint density at radius 3 is 1.63 bits per heavy atom.